The van der Waals surface area contributed by atoms with Gasteiger partial charge in [0.05, 0.1) is 43.5 Å². The summed E-state index contributed by atoms with van der Waals surface area (Å²) >= 11 is 0. The van der Waals surface area contributed by atoms with Crippen molar-refractivity contribution in [1.29, 1.82) is 5.26 Å². The summed E-state index contributed by atoms with van der Waals surface area (Å²) in [5.41, 5.74) is 3.37. The molecule has 0 bridgehead atoms. The van der Waals surface area contributed by atoms with Crippen LogP contribution >= 0.6 is 0 Å². The Morgan fingerprint density at radius 3 is 2.59 bits per heavy atom. The fourth-order valence-corrected chi connectivity index (χ4v) is 6.28. The van der Waals surface area contributed by atoms with E-state index in [4.69, 9.17) is 38.9 Å². The highest BCUT2D eigenvalue weighted by Gasteiger charge is 2.31. The number of esters is 1. The average molecular weight is 628 g/mol. The summed E-state index contributed by atoms with van der Waals surface area (Å²) in [5, 5.41) is 8.97. The normalized spacial score (nSPS) is 18.2. The lowest BCUT2D eigenvalue weighted by atomic mass is 9.93. The Hall–Kier alpha value is -4.73. The van der Waals surface area contributed by atoms with E-state index in [2.05, 4.69) is 9.47 Å². The number of nitrogens with zero attached hydrogens (tertiary/aromatic N) is 5. The SMILES string of the molecule is COC(=O)c1cc2nc(CN3CCC(c4cccc(OCc5ccc(C#N)cc5F)n4)CC3)n(C[C@@H]3CCO3)c2c2c1OCCO2. The van der Waals surface area contributed by atoms with Gasteiger partial charge in [-0.2, -0.15) is 5.26 Å². The summed E-state index contributed by atoms with van der Waals surface area (Å²) < 4.78 is 45.1. The summed E-state index contributed by atoms with van der Waals surface area (Å²) in [5.74, 6) is 1.54. The van der Waals surface area contributed by atoms with Crippen molar-refractivity contribution in [3.63, 3.8) is 0 Å². The van der Waals surface area contributed by atoms with E-state index in [1.807, 2.05) is 18.2 Å². The number of nitriles is 1. The molecular formula is C34H34FN5O6. The number of carbonyl (C=O) groups is 1. The van der Waals surface area contributed by atoms with Gasteiger partial charge in [0.25, 0.3) is 0 Å². The number of imidazole rings is 1. The van der Waals surface area contributed by atoms with E-state index in [1.54, 1.807) is 24.3 Å². The van der Waals surface area contributed by atoms with Crippen molar-refractivity contribution >= 4 is 17.0 Å². The Balaban J connectivity index is 1.06. The molecule has 0 radical (unpaired) electrons. The molecule has 0 aliphatic carbocycles. The lowest BCUT2D eigenvalue weighted by Crippen LogP contribution is -2.35. The molecular weight excluding hydrogens is 593 g/mol. The molecule has 12 heteroatoms. The van der Waals surface area contributed by atoms with Gasteiger partial charge in [-0.1, -0.05) is 12.1 Å². The fraction of sp³-hybridized carbons (Fsp3) is 0.412. The molecule has 3 aliphatic heterocycles. The van der Waals surface area contributed by atoms with Crippen molar-refractivity contribution in [2.24, 2.45) is 0 Å². The Morgan fingerprint density at radius 1 is 1.07 bits per heavy atom. The van der Waals surface area contributed by atoms with Gasteiger partial charge in [-0.15, -0.1) is 0 Å². The summed E-state index contributed by atoms with van der Waals surface area (Å²) in [6.07, 6.45) is 2.88. The molecule has 0 amide bonds. The Labute approximate surface area is 265 Å². The number of methoxy groups -OCH3 is 1. The highest BCUT2D eigenvalue weighted by molar-refractivity contribution is 6.00. The zero-order valence-electron chi connectivity index (χ0n) is 25.5. The molecule has 238 valence electrons. The van der Waals surface area contributed by atoms with Crippen LogP contribution in [0, 0.1) is 17.1 Å². The van der Waals surface area contributed by atoms with Crippen molar-refractivity contribution in [2.45, 2.75) is 51.0 Å². The molecule has 0 N–H and O–H groups in total. The summed E-state index contributed by atoms with van der Waals surface area (Å²) in [4.78, 5) is 24.7. The molecule has 2 saturated heterocycles. The molecule has 2 aromatic carbocycles. The number of pyridine rings is 1. The summed E-state index contributed by atoms with van der Waals surface area (Å²) in [6, 6.07) is 13.7. The highest BCUT2D eigenvalue weighted by atomic mass is 19.1. The minimum atomic E-state index is -0.492. The summed E-state index contributed by atoms with van der Waals surface area (Å²) in [6.45, 7) is 4.47. The first-order valence-electron chi connectivity index (χ1n) is 15.5. The van der Waals surface area contributed by atoms with Gasteiger partial charge in [0.1, 0.15) is 42.5 Å². The third-order valence-electron chi connectivity index (χ3n) is 8.86. The number of carbonyl (C=O) groups excluding carboxylic acids is 1. The van der Waals surface area contributed by atoms with Gasteiger partial charge in [0.2, 0.25) is 5.88 Å². The Morgan fingerprint density at radius 2 is 1.87 bits per heavy atom. The standard InChI is InChI=1S/C34H34FN5O6/c1-42-34(41)25-16-28-31(33-32(25)44-13-14-45-33)40(18-24-9-12-43-24)29(37-28)19-39-10-7-22(8-11-39)27-3-2-4-30(38-27)46-20-23-6-5-21(17-36)15-26(23)35/h2-6,15-16,22,24H,7-14,18-20H2,1H3/t24-/m0/s1. The topological polar surface area (TPSA) is 121 Å². The van der Waals surface area contributed by atoms with Crippen molar-refractivity contribution in [3.8, 4) is 23.4 Å². The van der Waals surface area contributed by atoms with Crippen LogP contribution < -0.4 is 14.2 Å². The van der Waals surface area contributed by atoms with Crippen LogP contribution in [-0.4, -0.2) is 71.5 Å². The van der Waals surface area contributed by atoms with Gasteiger partial charge in [-0.05, 0) is 56.6 Å². The van der Waals surface area contributed by atoms with Gasteiger partial charge < -0.3 is 28.3 Å². The van der Waals surface area contributed by atoms with Gasteiger partial charge in [-0.25, -0.2) is 19.2 Å². The molecule has 0 unspecified atom stereocenters. The molecule has 5 heterocycles. The molecule has 46 heavy (non-hydrogen) atoms. The van der Waals surface area contributed by atoms with Crippen LogP contribution in [0.4, 0.5) is 4.39 Å². The molecule has 0 spiro atoms. The molecule has 2 aromatic heterocycles. The zero-order chi connectivity index (χ0) is 31.6. The number of halogens is 1. The first-order valence-corrected chi connectivity index (χ1v) is 15.5. The molecule has 1 atom stereocenters. The molecule has 7 rings (SSSR count). The van der Waals surface area contributed by atoms with Crippen LogP contribution in [0.1, 0.15) is 58.2 Å². The first kappa shape index (κ1) is 30.0. The van der Waals surface area contributed by atoms with E-state index in [0.717, 1.165) is 56.0 Å². The van der Waals surface area contributed by atoms with Crippen molar-refractivity contribution in [2.75, 3.05) is 40.0 Å². The van der Waals surface area contributed by atoms with E-state index in [0.29, 0.717) is 60.3 Å². The van der Waals surface area contributed by atoms with Crippen LogP contribution in [0.5, 0.6) is 17.4 Å². The van der Waals surface area contributed by atoms with E-state index < -0.39 is 11.8 Å². The Bertz CT molecular complexity index is 1810. The molecule has 3 aliphatic rings. The summed E-state index contributed by atoms with van der Waals surface area (Å²) in [7, 11) is 1.35. The van der Waals surface area contributed by atoms with Crippen LogP contribution in [0.25, 0.3) is 11.0 Å². The monoisotopic (exact) mass is 627 g/mol. The second-order valence-electron chi connectivity index (χ2n) is 11.7. The van der Waals surface area contributed by atoms with Crippen molar-refractivity contribution in [1.82, 2.24) is 19.4 Å². The molecule has 2 fully saturated rings. The average Bonchev–Trinajstić information content (AvgIpc) is 3.42. The van der Waals surface area contributed by atoms with E-state index >= 15 is 0 Å². The lowest BCUT2D eigenvalue weighted by molar-refractivity contribution is -0.0592. The quantitative estimate of drug-likeness (QED) is 0.241. The number of hydrogen-bond acceptors (Lipinski definition) is 10. The maximum absolute atomic E-state index is 14.3. The van der Waals surface area contributed by atoms with E-state index in [1.165, 1.54) is 13.2 Å². The van der Waals surface area contributed by atoms with Crippen LogP contribution in [0.3, 0.4) is 0 Å². The van der Waals surface area contributed by atoms with Gasteiger partial charge in [0, 0.05) is 29.8 Å². The van der Waals surface area contributed by atoms with E-state index in [9.17, 15) is 9.18 Å². The maximum Gasteiger partial charge on any atom is 0.341 e. The van der Waals surface area contributed by atoms with Crippen molar-refractivity contribution < 1.29 is 32.9 Å². The molecule has 11 nitrogen and oxygen atoms in total. The number of fused-ring (bicyclic) bond motifs is 3. The molecule has 0 saturated carbocycles. The number of rotatable bonds is 9. The smallest absolute Gasteiger partial charge is 0.341 e. The van der Waals surface area contributed by atoms with Gasteiger partial charge >= 0.3 is 5.97 Å². The maximum atomic E-state index is 14.3. The van der Waals surface area contributed by atoms with Gasteiger partial charge in [-0.3, -0.25) is 4.90 Å². The lowest BCUT2D eigenvalue weighted by Gasteiger charge is -2.32. The predicted octanol–water partition coefficient (Wildman–Crippen LogP) is 4.75. The largest absolute Gasteiger partial charge is 0.485 e. The van der Waals surface area contributed by atoms with Crippen LogP contribution in [-0.2, 0) is 29.2 Å². The van der Waals surface area contributed by atoms with Gasteiger partial charge in [0.15, 0.2) is 11.5 Å². The second-order valence-corrected chi connectivity index (χ2v) is 11.7. The third kappa shape index (κ3) is 5.96. The number of aromatic nitrogens is 3. The number of benzene rings is 2. The number of piperidine rings is 1. The second kappa shape index (κ2) is 12.9. The number of likely N-dealkylation sites (tertiary alicyclic amines) is 1. The minimum Gasteiger partial charge on any atom is -0.485 e. The fourth-order valence-electron chi connectivity index (χ4n) is 6.28. The highest BCUT2D eigenvalue weighted by Crippen LogP contribution is 2.42. The van der Waals surface area contributed by atoms with Crippen LogP contribution in [0.15, 0.2) is 42.5 Å². The van der Waals surface area contributed by atoms with Crippen molar-refractivity contribution in [3.05, 3.63) is 76.5 Å². The predicted molar refractivity (Wildman–Crippen MR) is 163 cm³/mol. The number of ether oxygens (including phenoxy) is 5. The zero-order valence-corrected chi connectivity index (χ0v) is 25.5. The van der Waals surface area contributed by atoms with Crippen LogP contribution in [0.2, 0.25) is 0 Å². The Kier molecular flexibility index (Phi) is 8.43. The molecule has 4 aromatic rings. The number of hydrogen-bond donors (Lipinski definition) is 0. The third-order valence-corrected chi connectivity index (χ3v) is 8.86. The minimum absolute atomic E-state index is 0.0286. The van der Waals surface area contributed by atoms with E-state index in [-0.39, 0.29) is 24.2 Å². The first-order chi connectivity index (χ1) is 22.5.